The van der Waals surface area contributed by atoms with E-state index in [1.165, 1.54) is 11.3 Å². The number of carbonyl (C=O) groups excluding carboxylic acids is 6. The number of carbonyl (C=O) groups is 6. The molecule has 8 rings (SSSR count). The molecule has 11 atom stereocenters. The molecule has 1 aliphatic heterocycles. The first-order valence-corrected chi connectivity index (χ1v) is 29.4. The van der Waals surface area contributed by atoms with Crippen LogP contribution in [0.2, 0.25) is 0 Å². The van der Waals surface area contributed by atoms with Crippen molar-refractivity contribution >= 4 is 52.7 Å². The fourth-order valence-electron chi connectivity index (χ4n) is 15.1. The second-order valence-electron chi connectivity index (χ2n) is 25.3. The summed E-state index contributed by atoms with van der Waals surface area (Å²) in [5.74, 6) is -1.40. The number of piperidine rings is 1. The molecule has 0 spiro atoms. The van der Waals surface area contributed by atoms with E-state index in [0.29, 0.717) is 43.7 Å². The molecule has 5 aliphatic carbocycles. The van der Waals surface area contributed by atoms with Crippen molar-refractivity contribution in [3.05, 3.63) is 41.3 Å². The number of aliphatic hydroxyl groups is 2. The number of amides is 2. The average molecular weight is 1070 g/mol. The molecule has 1 aromatic carbocycles. The van der Waals surface area contributed by atoms with E-state index in [1.807, 2.05) is 41.3 Å². The molecule has 2 amide bonds. The topological polar surface area (TPSA) is 198 Å². The molecule has 6 unspecified atom stereocenters. The molecule has 76 heavy (non-hydrogen) atoms. The maximum Gasteiger partial charge on any atom is 0.353 e. The van der Waals surface area contributed by atoms with Crippen molar-refractivity contribution < 1.29 is 57.9 Å². The van der Waals surface area contributed by atoms with Gasteiger partial charge in [0.2, 0.25) is 18.6 Å². The van der Waals surface area contributed by atoms with E-state index in [0.717, 1.165) is 81.3 Å². The van der Waals surface area contributed by atoms with E-state index in [1.54, 1.807) is 20.8 Å². The predicted octanol–water partition coefficient (Wildman–Crippen LogP) is 9.49. The summed E-state index contributed by atoms with van der Waals surface area (Å²) in [4.78, 5) is 85.1. The number of anilines is 1. The molecule has 420 valence electrons. The van der Waals surface area contributed by atoms with Crippen LogP contribution in [0.4, 0.5) is 5.69 Å². The van der Waals surface area contributed by atoms with Gasteiger partial charge < -0.3 is 44.3 Å². The zero-order chi connectivity index (χ0) is 54.7. The predicted molar refractivity (Wildman–Crippen MR) is 290 cm³/mol. The molecule has 1 saturated heterocycles. The van der Waals surface area contributed by atoms with Gasteiger partial charge in [-0.05, 0) is 195 Å². The van der Waals surface area contributed by atoms with E-state index in [9.17, 15) is 39.0 Å². The number of ether oxygens (including phenoxy) is 4. The molecule has 3 N–H and O–H groups in total. The van der Waals surface area contributed by atoms with E-state index >= 15 is 0 Å². The highest BCUT2D eigenvalue weighted by Crippen LogP contribution is 2.68. The number of benzene rings is 1. The van der Waals surface area contributed by atoms with Crippen molar-refractivity contribution in [2.75, 3.05) is 38.4 Å². The summed E-state index contributed by atoms with van der Waals surface area (Å²) in [5, 5.41) is 26.9. The number of aliphatic hydroxyl groups excluding tert-OH is 2. The minimum Gasteiger partial charge on any atom is -0.462 e. The first kappa shape index (κ1) is 57.8. The first-order chi connectivity index (χ1) is 36.0. The van der Waals surface area contributed by atoms with Crippen molar-refractivity contribution in [1.82, 2.24) is 10.2 Å². The van der Waals surface area contributed by atoms with Crippen molar-refractivity contribution in [2.24, 2.45) is 58.2 Å². The molecule has 15 nitrogen and oxygen atoms in total. The van der Waals surface area contributed by atoms with E-state index in [2.05, 4.69) is 45.0 Å². The number of thiophene rings is 1. The van der Waals surface area contributed by atoms with Crippen molar-refractivity contribution in [1.29, 1.82) is 0 Å². The zero-order valence-electron chi connectivity index (χ0n) is 46.5. The molecule has 6 fully saturated rings. The van der Waals surface area contributed by atoms with Crippen LogP contribution < -0.4 is 10.2 Å². The van der Waals surface area contributed by atoms with E-state index < -0.39 is 53.9 Å². The lowest BCUT2D eigenvalue weighted by Gasteiger charge is -2.63. The summed E-state index contributed by atoms with van der Waals surface area (Å²) in [6.07, 6.45) is 9.13. The molecule has 1 aromatic heterocycles. The molecule has 0 bridgehead atoms. The zero-order valence-corrected chi connectivity index (χ0v) is 47.3. The SMILES string of the molecule is CC1CCC(C(=O)N(c2cc(-c3ccccc3)sc2C(=O)OCOC(=O)CCC(=O)O[C@H]2CC[C@@]3(C)C(C2)C[C@H](O)C2C3C[C@H](O)[C@]3(C)C(C(C)CCC(=O)NCC(=O)OC(C)(C)C)CCC23)C2CCN(C)CC2)CC1. The Kier molecular flexibility index (Phi) is 18.5. The molecular weight excluding hydrogens is 987 g/mol. The Bertz CT molecular complexity index is 2370. The van der Waals surface area contributed by atoms with Crippen molar-refractivity contribution in [3.8, 4) is 10.4 Å². The Balaban J connectivity index is 0.820. The number of hydrogen-bond donors (Lipinski definition) is 3. The van der Waals surface area contributed by atoms with Gasteiger partial charge in [-0.2, -0.15) is 0 Å². The monoisotopic (exact) mass is 1070 g/mol. The molecular formula is C60H87N3O12S. The van der Waals surface area contributed by atoms with Gasteiger partial charge in [0.05, 0.1) is 30.7 Å². The highest BCUT2D eigenvalue weighted by molar-refractivity contribution is 7.18. The van der Waals surface area contributed by atoms with Gasteiger partial charge >= 0.3 is 23.9 Å². The minimum absolute atomic E-state index is 0.0331. The fraction of sp³-hybridized carbons (Fsp3) is 0.733. The number of rotatable bonds is 17. The lowest BCUT2D eigenvalue weighted by Crippen LogP contribution is -2.62. The van der Waals surface area contributed by atoms with Crippen LogP contribution in [0, 0.1) is 58.2 Å². The summed E-state index contributed by atoms with van der Waals surface area (Å²) >= 11 is 1.26. The first-order valence-electron chi connectivity index (χ1n) is 28.6. The Hall–Kier alpha value is -4.38. The van der Waals surface area contributed by atoms with Gasteiger partial charge in [-0.25, -0.2) is 4.79 Å². The lowest BCUT2D eigenvalue weighted by atomic mass is 9.43. The fourth-order valence-corrected chi connectivity index (χ4v) is 16.1. The Morgan fingerprint density at radius 1 is 0.842 bits per heavy atom. The van der Waals surface area contributed by atoms with Gasteiger partial charge in [-0.1, -0.05) is 58.0 Å². The average Bonchev–Trinajstić information content (AvgIpc) is 4.06. The maximum atomic E-state index is 14.6. The van der Waals surface area contributed by atoms with E-state index in [-0.39, 0.29) is 101 Å². The Morgan fingerprint density at radius 3 is 2.24 bits per heavy atom. The van der Waals surface area contributed by atoms with Crippen LogP contribution >= 0.6 is 11.3 Å². The van der Waals surface area contributed by atoms with Crippen molar-refractivity contribution in [3.63, 3.8) is 0 Å². The second kappa shape index (κ2) is 24.3. The third-order valence-electron chi connectivity index (χ3n) is 19.3. The van der Waals surface area contributed by atoms with Crippen molar-refractivity contribution in [2.45, 2.75) is 188 Å². The summed E-state index contributed by atoms with van der Waals surface area (Å²) in [7, 11) is 2.08. The third kappa shape index (κ3) is 13.0. The van der Waals surface area contributed by atoms with Gasteiger partial charge in [0.25, 0.3) is 0 Å². The molecule has 5 saturated carbocycles. The van der Waals surface area contributed by atoms with Crippen LogP contribution in [-0.2, 0) is 42.9 Å². The highest BCUT2D eigenvalue weighted by Gasteiger charge is 2.66. The molecule has 2 aromatic rings. The number of fused-ring (bicyclic) bond motifs is 5. The van der Waals surface area contributed by atoms with Crippen LogP contribution in [0.15, 0.2) is 36.4 Å². The Morgan fingerprint density at radius 2 is 1.54 bits per heavy atom. The Labute approximate surface area is 454 Å². The van der Waals surface area contributed by atoms with Crippen LogP contribution in [0.5, 0.6) is 0 Å². The second-order valence-corrected chi connectivity index (χ2v) is 26.4. The number of nitrogens with one attached hydrogen (secondary N) is 1. The summed E-state index contributed by atoms with van der Waals surface area (Å²) in [6, 6.07) is 11.6. The molecule has 16 heteroatoms. The van der Waals surface area contributed by atoms with Crippen LogP contribution in [0.3, 0.4) is 0 Å². The molecule has 6 aliphatic rings. The summed E-state index contributed by atoms with van der Waals surface area (Å²) in [6.45, 7) is 15.1. The molecule has 2 heterocycles. The van der Waals surface area contributed by atoms with Gasteiger partial charge in [0.15, 0.2) is 0 Å². The van der Waals surface area contributed by atoms with Gasteiger partial charge in [-0.15, -0.1) is 11.3 Å². The van der Waals surface area contributed by atoms with Crippen LogP contribution in [-0.4, -0.2) is 114 Å². The number of esters is 4. The smallest absolute Gasteiger partial charge is 0.353 e. The maximum absolute atomic E-state index is 14.6. The standard InChI is InChI=1S/C60H87N3O12S/c1-36-14-17-39(18-15-36)56(70)63(41-25-28-62(8)29-26-41)46-33-48(38-12-10-9-11-13-38)76-55(46)57(71)73-35-72-51(67)22-23-52(68)74-42-24-27-59(6)40(30-42)31-47(64)54-44-20-19-43(60(44,7)49(65)32-45(54)59)37(2)16-21-50(66)61-34-53(69)75-58(3,4)5/h9-13,33,36-37,39-45,47,49,54,64-65H,14-32,34-35H2,1-8H3,(H,61,66)/t36?,37?,39?,40?,42-,43?,44?,45?,47-,49-,54?,59-,60+/m0/s1. The normalized spacial score (nSPS) is 32.1. The summed E-state index contributed by atoms with van der Waals surface area (Å²) < 4.78 is 22.3. The quantitative estimate of drug-likeness (QED) is 0.0770. The lowest BCUT2D eigenvalue weighted by molar-refractivity contribution is -0.209. The number of likely N-dealkylation sites (tertiary alicyclic amines) is 1. The van der Waals surface area contributed by atoms with Gasteiger partial charge in [0, 0.05) is 23.3 Å². The largest absolute Gasteiger partial charge is 0.462 e. The van der Waals surface area contributed by atoms with Crippen LogP contribution in [0.1, 0.15) is 167 Å². The molecule has 0 radical (unpaired) electrons. The van der Waals surface area contributed by atoms with Crippen LogP contribution in [0.25, 0.3) is 10.4 Å². The van der Waals surface area contributed by atoms with Gasteiger partial charge in [-0.3, -0.25) is 24.0 Å². The number of nitrogens with zero attached hydrogens (tertiary/aromatic N) is 2. The van der Waals surface area contributed by atoms with E-state index in [4.69, 9.17) is 18.9 Å². The van der Waals surface area contributed by atoms with Gasteiger partial charge in [0.1, 0.15) is 23.1 Å². The highest BCUT2D eigenvalue weighted by atomic mass is 32.1. The third-order valence-corrected chi connectivity index (χ3v) is 20.4. The summed E-state index contributed by atoms with van der Waals surface area (Å²) in [5.41, 5.74) is 0.259. The number of hydrogen-bond acceptors (Lipinski definition) is 14. The minimum atomic E-state index is -0.708.